The topological polar surface area (TPSA) is 96.0 Å². The third-order valence-electron chi connectivity index (χ3n) is 3.99. The molecule has 0 saturated heterocycles. The highest BCUT2D eigenvalue weighted by atomic mass is 19.4. The van der Waals surface area contributed by atoms with E-state index in [0.717, 1.165) is 29.3 Å². The lowest BCUT2D eigenvalue weighted by Crippen LogP contribution is -2.21. The Hall–Kier alpha value is -3.69. The quantitative estimate of drug-likeness (QED) is 0.483. The molecular formula is C18H12F3N3O4. The zero-order valence-electron chi connectivity index (χ0n) is 14.3. The number of hydrogen-bond acceptors (Lipinski definition) is 5. The van der Waals surface area contributed by atoms with Crippen LogP contribution < -0.4 is 5.01 Å². The number of benzene rings is 2. The molecule has 1 heterocycles. The van der Waals surface area contributed by atoms with E-state index in [0.29, 0.717) is 0 Å². The molecule has 3 rings (SSSR count). The van der Waals surface area contributed by atoms with Gasteiger partial charge in [-0.2, -0.15) is 23.3 Å². The number of phenols is 1. The van der Waals surface area contributed by atoms with Crippen molar-refractivity contribution >= 4 is 29.1 Å². The first-order valence-electron chi connectivity index (χ1n) is 7.84. The maximum Gasteiger partial charge on any atom is 0.416 e. The van der Waals surface area contributed by atoms with Crippen LogP contribution in [-0.2, 0) is 11.0 Å². The van der Waals surface area contributed by atoms with Gasteiger partial charge in [-0.05, 0) is 42.8 Å². The molecule has 0 unspecified atom stereocenters. The van der Waals surface area contributed by atoms with E-state index >= 15 is 0 Å². The maximum absolute atomic E-state index is 12.9. The highest BCUT2D eigenvalue weighted by Crippen LogP contribution is 2.34. The number of rotatable bonds is 3. The fourth-order valence-corrected chi connectivity index (χ4v) is 2.62. The number of alkyl halides is 3. The molecule has 2 aromatic rings. The molecule has 0 radical (unpaired) electrons. The van der Waals surface area contributed by atoms with Crippen molar-refractivity contribution in [1.29, 1.82) is 0 Å². The van der Waals surface area contributed by atoms with Crippen LogP contribution in [0.3, 0.4) is 0 Å². The largest absolute Gasteiger partial charge is 0.502 e. The molecular weight excluding hydrogens is 379 g/mol. The Labute approximate surface area is 156 Å². The van der Waals surface area contributed by atoms with Gasteiger partial charge >= 0.3 is 11.9 Å². The number of nitro groups is 1. The zero-order chi connectivity index (χ0) is 20.6. The fourth-order valence-electron chi connectivity index (χ4n) is 2.62. The summed E-state index contributed by atoms with van der Waals surface area (Å²) in [6.45, 7) is 1.49. The third-order valence-corrected chi connectivity index (χ3v) is 3.99. The van der Waals surface area contributed by atoms with Gasteiger partial charge in [0.05, 0.1) is 27.5 Å². The van der Waals surface area contributed by atoms with Crippen molar-refractivity contribution in [2.45, 2.75) is 13.1 Å². The normalized spacial score (nSPS) is 15.9. The Bertz CT molecular complexity index is 1040. The van der Waals surface area contributed by atoms with Crippen molar-refractivity contribution in [1.82, 2.24) is 0 Å². The van der Waals surface area contributed by atoms with Gasteiger partial charge in [0.2, 0.25) is 0 Å². The van der Waals surface area contributed by atoms with Gasteiger partial charge in [-0.15, -0.1) is 0 Å². The van der Waals surface area contributed by atoms with E-state index in [1.54, 1.807) is 0 Å². The van der Waals surface area contributed by atoms with Gasteiger partial charge < -0.3 is 5.11 Å². The molecule has 0 aromatic heterocycles. The van der Waals surface area contributed by atoms with Gasteiger partial charge in [0.15, 0.2) is 5.75 Å². The van der Waals surface area contributed by atoms with Gasteiger partial charge in [-0.25, -0.2) is 0 Å². The summed E-state index contributed by atoms with van der Waals surface area (Å²) in [7, 11) is 0. The van der Waals surface area contributed by atoms with E-state index in [1.807, 2.05) is 0 Å². The average Bonchev–Trinajstić information content (AvgIpc) is 2.90. The van der Waals surface area contributed by atoms with E-state index in [4.69, 9.17) is 0 Å². The zero-order valence-corrected chi connectivity index (χ0v) is 14.3. The van der Waals surface area contributed by atoms with E-state index in [-0.39, 0.29) is 22.5 Å². The molecule has 0 bridgehead atoms. The van der Waals surface area contributed by atoms with Crippen LogP contribution in [0.1, 0.15) is 18.1 Å². The minimum absolute atomic E-state index is 0.0562. The standard InChI is InChI=1S/C18H12F3N3O4/c1-10-14(7-11-5-6-16(25)15(8-11)24(27)28)17(26)23(22-10)13-4-2-3-12(9-13)18(19,20)21/h2-9,25H,1H3/b14-7+. The van der Waals surface area contributed by atoms with Crippen molar-refractivity contribution in [2.24, 2.45) is 5.10 Å². The Morgan fingerprint density at radius 3 is 2.57 bits per heavy atom. The number of carbonyl (C=O) groups is 1. The lowest BCUT2D eigenvalue weighted by molar-refractivity contribution is -0.385. The maximum atomic E-state index is 12.9. The van der Waals surface area contributed by atoms with E-state index < -0.39 is 34.0 Å². The molecule has 0 fully saturated rings. The first-order chi connectivity index (χ1) is 13.1. The highest BCUT2D eigenvalue weighted by Gasteiger charge is 2.33. The molecule has 1 aliphatic heterocycles. The number of anilines is 1. The van der Waals surface area contributed by atoms with Crippen LogP contribution in [0.2, 0.25) is 0 Å². The van der Waals surface area contributed by atoms with Gasteiger partial charge in [0, 0.05) is 6.07 Å². The van der Waals surface area contributed by atoms with Crippen molar-refractivity contribution in [3.8, 4) is 5.75 Å². The van der Waals surface area contributed by atoms with Crippen LogP contribution in [0.15, 0.2) is 53.1 Å². The summed E-state index contributed by atoms with van der Waals surface area (Å²) >= 11 is 0. The number of hydrazone groups is 1. The molecule has 0 saturated carbocycles. The van der Waals surface area contributed by atoms with Crippen LogP contribution in [0.25, 0.3) is 6.08 Å². The van der Waals surface area contributed by atoms with Gasteiger partial charge in [-0.3, -0.25) is 14.9 Å². The second-order valence-corrected chi connectivity index (χ2v) is 5.91. The van der Waals surface area contributed by atoms with E-state index in [1.165, 1.54) is 31.2 Å². The summed E-state index contributed by atoms with van der Waals surface area (Å²) in [4.78, 5) is 22.8. The van der Waals surface area contributed by atoms with Gasteiger partial charge in [0.1, 0.15) is 0 Å². The number of amides is 1. The first-order valence-corrected chi connectivity index (χ1v) is 7.84. The Balaban J connectivity index is 1.97. The molecule has 0 aliphatic carbocycles. The lowest BCUT2D eigenvalue weighted by atomic mass is 10.1. The van der Waals surface area contributed by atoms with E-state index in [2.05, 4.69) is 5.10 Å². The summed E-state index contributed by atoms with van der Waals surface area (Å²) in [6.07, 6.45) is -3.25. The molecule has 1 aliphatic rings. The van der Waals surface area contributed by atoms with Crippen molar-refractivity contribution in [2.75, 3.05) is 5.01 Å². The highest BCUT2D eigenvalue weighted by molar-refractivity contribution is 6.32. The smallest absolute Gasteiger partial charge is 0.416 e. The Morgan fingerprint density at radius 1 is 1.21 bits per heavy atom. The van der Waals surface area contributed by atoms with Crippen LogP contribution in [0.5, 0.6) is 5.75 Å². The van der Waals surface area contributed by atoms with Gasteiger partial charge in [-0.1, -0.05) is 12.1 Å². The second kappa shape index (κ2) is 6.80. The molecule has 7 nitrogen and oxygen atoms in total. The van der Waals surface area contributed by atoms with Crippen molar-refractivity contribution in [3.63, 3.8) is 0 Å². The Morgan fingerprint density at radius 2 is 1.93 bits per heavy atom. The minimum atomic E-state index is -4.57. The molecule has 10 heteroatoms. The monoisotopic (exact) mass is 391 g/mol. The van der Waals surface area contributed by atoms with Crippen LogP contribution in [0, 0.1) is 10.1 Å². The number of halogens is 3. The number of carbonyl (C=O) groups excluding carboxylic acids is 1. The van der Waals surface area contributed by atoms with Crippen molar-refractivity contribution in [3.05, 3.63) is 69.3 Å². The predicted octanol–water partition coefficient (Wildman–Crippen LogP) is 4.13. The first kappa shape index (κ1) is 19.1. The van der Waals surface area contributed by atoms with E-state index in [9.17, 15) is 33.2 Å². The lowest BCUT2D eigenvalue weighted by Gasteiger charge is -2.14. The molecule has 144 valence electrons. The van der Waals surface area contributed by atoms with Crippen LogP contribution in [-0.4, -0.2) is 21.6 Å². The molecule has 0 spiro atoms. The summed E-state index contributed by atoms with van der Waals surface area (Å²) < 4.78 is 38.7. The summed E-state index contributed by atoms with van der Waals surface area (Å²) in [5.41, 5.74) is -0.954. The van der Waals surface area contributed by atoms with Gasteiger partial charge in [0.25, 0.3) is 5.91 Å². The number of phenolic OH excluding ortho intramolecular Hbond substituents is 1. The number of nitrogens with zero attached hydrogens (tertiary/aromatic N) is 3. The third kappa shape index (κ3) is 3.56. The van der Waals surface area contributed by atoms with Crippen LogP contribution >= 0.6 is 0 Å². The second-order valence-electron chi connectivity index (χ2n) is 5.91. The minimum Gasteiger partial charge on any atom is -0.502 e. The number of aromatic hydroxyl groups is 1. The molecule has 1 N–H and O–H groups in total. The number of nitro benzene ring substituents is 1. The molecule has 28 heavy (non-hydrogen) atoms. The van der Waals surface area contributed by atoms with Crippen molar-refractivity contribution < 1.29 is 28.0 Å². The molecule has 1 amide bonds. The Kier molecular flexibility index (Phi) is 4.63. The van der Waals surface area contributed by atoms with Crippen LogP contribution in [0.4, 0.5) is 24.5 Å². The fraction of sp³-hybridized carbons (Fsp3) is 0.111. The summed E-state index contributed by atoms with van der Waals surface area (Å²) in [5, 5.41) is 25.3. The predicted molar refractivity (Wildman–Crippen MR) is 94.8 cm³/mol. The summed E-state index contributed by atoms with van der Waals surface area (Å²) in [5.74, 6) is -1.20. The molecule has 0 atom stereocenters. The molecule has 2 aromatic carbocycles. The average molecular weight is 391 g/mol. The summed E-state index contributed by atoms with van der Waals surface area (Å²) in [6, 6.07) is 7.73. The SMILES string of the molecule is CC1=NN(c2cccc(C(F)(F)F)c2)C(=O)/C1=C/c1ccc(O)c([N+](=O)[O-])c1. The number of hydrogen-bond donors (Lipinski definition) is 1.